The molecule has 28 heavy (non-hydrogen) atoms. The Balaban J connectivity index is 1.49. The molecule has 3 rings (SSSR count). The van der Waals surface area contributed by atoms with Gasteiger partial charge in [0.05, 0.1) is 18.7 Å². The van der Waals surface area contributed by atoms with E-state index in [4.69, 9.17) is 4.74 Å². The summed E-state index contributed by atoms with van der Waals surface area (Å²) in [5, 5.41) is 15.0. The van der Waals surface area contributed by atoms with E-state index in [1.54, 1.807) is 25.0 Å². The van der Waals surface area contributed by atoms with E-state index < -0.39 is 0 Å². The molecule has 0 amide bonds. The van der Waals surface area contributed by atoms with Crippen LogP contribution in [0.4, 0.5) is 5.82 Å². The number of benzene rings is 1. The van der Waals surface area contributed by atoms with Crippen molar-refractivity contribution in [3.63, 3.8) is 0 Å². The number of hydrogen-bond donors (Lipinski definition) is 3. The predicted molar refractivity (Wildman–Crippen MR) is 111 cm³/mol. The third kappa shape index (κ3) is 4.48. The zero-order valence-corrected chi connectivity index (χ0v) is 16.7. The van der Waals surface area contributed by atoms with Crippen LogP contribution < -0.4 is 20.7 Å². The second kappa shape index (κ2) is 9.03. The lowest BCUT2D eigenvalue weighted by atomic mass is 10.1. The summed E-state index contributed by atoms with van der Waals surface area (Å²) in [6, 6.07) is 6.16. The van der Waals surface area contributed by atoms with Crippen LogP contribution in [0.1, 0.15) is 11.1 Å². The molecule has 0 spiro atoms. The summed E-state index contributed by atoms with van der Waals surface area (Å²) in [4.78, 5) is 12.8. The Morgan fingerprint density at radius 3 is 2.86 bits per heavy atom. The van der Waals surface area contributed by atoms with Gasteiger partial charge in [-0.25, -0.2) is 9.97 Å². The van der Waals surface area contributed by atoms with E-state index in [1.165, 1.54) is 11.9 Å². The summed E-state index contributed by atoms with van der Waals surface area (Å²) in [7, 11) is 5.29. The van der Waals surface area contributed by atoms with Gasteiger partial charge >= 0.3 is 0 Å². The molecule has 3 aromatic rings. The fraction of sp³-hybridized carbons (Fsp3) is 0.368. The molecule has 148 valence electrons. The lowest BCUT2D eigenvalue weighted by Gasteiger charge is -2.14. The molecule has 0 aliphatic carbocycles. The maximum Gasteiger partial charge on any atom is 0.191 e. The number of guanidine groups is 1. The molecule has 0 unspecified atom stereocenters. The molecule has 0 saturated carbocycles. The van der Waals surface area contributed by atoms with Crippen LogP contribution in [-0.4, -0.2) is 53.0 Å². The average Bonchev–Trinajstić information content (AvgIpc) is 3.10. The number of nitrogens with one attached hydrogen (secondary N) is 3. The number of aliphatic imine (C=N–C) groups is 1. The van der Waals surface area contributed by atoms with Crippen LogP contribution in [0, 0.1) is 6.92 Å². The third-order valence-electron chi connectivity index (χ3n) is 4.35. The van der Waals surface area contributed by atoms with Crippen molar-refractivity contribution in [2.45, 2.75) is 13.5 Å². The highest BCUT2D eigenvalue weighted by molar-refractivity contribution is 5.86. The van der Waals surface area contributed by atoms with E-state index >= 15 is 0 Å². The first-order valence-electron chi connectivity index (χ1n) is 9.07. The van der Waals surface area contributed by atoms with Gasteiger partial charge in [-0.1, -0.05) is 12.1 Å². The van der Waals surface area contributed by atoms with Gasteiger partial charge < -0.3 is 20.7 Å². The van der Waals surface area contributed by atoms with Crippen LogP contribution in [0.25, 0.3) is 11.0 Å². The average molecular weight is 382 g/mol. The summed E-state index contributed by atoms with van der Waals surface area (Å²) in [6.07, 6.45) is 3.30. The van der Waals surface area contributed by atoms with Crippen molar-refractivity contribution in [1.29, 1.82) is 0 Å². The van der Waals surface area contributed by atoms with E-state index in [0.29, 0.717) is 19.6 Å². The van der Waals surface area contributed by atoms with Crippen molar-refractivity contribution in [3.8, 4) is 5.75 Å². The van der Waals surface area contributed by atoms with Crippen LogP contribution >= 0.6 is 0 Å². The summed E-state index contributed by atoms with van der Waals surface area (Å²) in [6.45, 7) is 4.02. The molecule has 2 heterocycles. The summed E-state index contributed by atoms with van der Waals surface area (Å²) in [5.41, 5.74) is 3.05. The summed E-state index contributed by atoms with van der Waals surface area (Å²) >= 11 is 0. The lowest BCUT2D eigenvalue weighted by molar-refractivity contribution is 0.408. The molecule has 9 nitrogen and oxygen atoms in total. The van der Waals surface area contributed by atoms with Crippen molar-refractivity contribution in [2.75, 3.05) is 32.6 Å². The van der Waals surface area contributed by atoms with Crippen LogP contribution in [-0.2, 0) is 13.6 Å². The Kier molecular flexibility index (Phi) is 6.25. The van der Waals surface area contributed by atoms with Gasteiger partial charge in [0.2, 0.25) is 0 Å². The highest BCUT2D eigenvalue weighted by atomic mass is 16.5. The number of anilines is 1. The lowest BCUT2D eigenvalue weighted by Crippen LogP contribution is -2.39. The van der Waals surface area contributed by atoms with Gasteiger partial charge in [-0.15, -0.1) is 0 Å². The number of nitrogens with zero attached hydrogens (tertiary/aromatic N) is 5. The molecule has 0 aliphatic heterocycles. The number of ether oxygens (including phenoxy) is 1. The number of rotatable bonds is 7. The quantitative estimate of drug-likeness (QED) is 0.323. The van der Waals surface area contributed by atoms with E-state index in [-0.39, 0.29) is 0 Å². The highest BCUT2D eigenvalue weighted by Gasteiger charge is 2.07. The van der Waals surface area contributed by atoms with Crippen molar-refractivity contribution in [3.05, 3.63) is 41.9 Å². The molecule has 0 fully saturated rings. The van der Waals surface area contributed by atoms with Gasteiger partial charge in [-0.2, -0.15) is 5.10 Å². The first-order chi connectivity index (χ1) is 13.6. The zero-order chi connectivity index (χ0) is 19.9. The standard InChI is InChI=1S/C19H26N8O/c1-13-5-6-14(16(9-13)28-4)10-23-19(20-2)22-8-7-21-17-15-11-26-27(3)18(15)25-12-24-17/h5-6,9,11-12H,7-8,10H2,1-4H3,(H2,20,22,23)(H,21,24,25). The molecular weight excluding hydrogens is 356 g/mol. The Labute approximate surface area is 164 Å². The van der Waals surface area contributed by atoms with Gasteiger partial charge in [0.1, 0.15) is 17.9 Å². The van der Waals surface area contributed by atoms with Crippen molar-refractivity contribution in [2.24, 2.45) is 12.0 Å². The van der Waals surface area contributed by atoms with Gasteiger partial charge in [-0.3, -0.25) is 9.67 Å². The number of aryl methyl sites for hydroxylation is 2. The van der Waals surface area contributed by atoms with Gasteiger partial charge in [0, 0.05) is 39.3 Å². The second-order valence-electron chi connectivity index (χ2n) is 6.32. The van der Waals surface area contributed by atoms with E-state index in [2.05, 4.69) is 48.1 Å². The zero-order valence-electron chi connectivity index (χ0n) is 16.7. The molecule has 0 aliphatic rings. The van der Waals surface area contributed by atoms with Crippen LogP contribution in [0.5, 0.6) is 5.75 Å². The Hall–Kier alpha value is -3.36. The Bertz CT molecular complexity index is 966. The number of hydrogen-bond acceptors (Lipinski definition) is 6. The normalized spacial score (nSPS) is 11.5. The first kappa shape index (κ1) is 19.4. The SMILES string of the molecule is CN=C(NCCNc1ncnc2c1cnn2C)NCc1ccc(C)cc1OC. The molecule has 0 saturated heterocycles. The molecule has 1 aromatic carbocycles. The molecule has 9 heteroatoms. The minimum Gasteiger partial charge on any atom is -0.496 e. The highest BCUT2D eigenvalue weighted by Crippen LogP contribution is 2.19. The van der Waals surface area contributed by atoms with Gasteiger partial charge in [0.25, 0.3) is 0 Å². The summed E-state index contributed by atoms with van der Waals surface area (Å²) in [5.74, 6) is 2.36. The fourth-order valence-electron chi connectivity index (χ4n) is 2.86. The molecule has 0 radical (unpaired) electrons. The molecule has 3 N–H and O–H groups in total. The van der Waals surface area contributed by atoms with Gasteiger partial charge in [0.15, 0.2) is 11.6 Å². The minimum absolute atomic E-state index is 0.624. The van der Waals surface area contributed by atoms with Crippen molar-refractivity contribution < 1.29 is 4.74 Å². The third-order valence-corrected chi connectivity index (χ3v) is 4.35. The van der Waals surface area contributed by atoms with Crippen LogP contribution in [0.3, 0.4) is 0 Å². The Morgan fingerprint density at radius 1 is 1.21 bits per heavy atom. The van der Waals surface area contributed by atoms with E-state index in [9.17, 15) is 0 Å². The minimum atomic E-state index is 0.624. The van der Waals surface area contributed by atoms with Gasteiger partial charge in [-0.05, 0) is 18.6 Å². The first-order valence-corrected chi connectivity index (χ1v) is 9.07. The topological polar surface area (TPSA) is 101 Å². The molecular formula is C19H26N8O. The molecule has 2 aromatic heterocycles. The number of aromatic nitrogens is 4. The molecule has 0 bridgehead atoms. The maximum absolute atomic E-state index is 5.45. The van der Waals surface area contributed by atoms with E-state index in [0.717, 1.165) is 34.1 Å². The fourth-order valence-corrected chi connectivity index (χ4v) is 2.86. The molecule has 0 atom stereocenters. The summed E-state index contributed by atoms with van der Waals surface area (Å²) < 4.78 is 7.18. The predicted octanol–water partition coefficient (Wildman–Crippen LogP) is 1.46. The smallest absolute Gasteiger partial charge is 0.191 e. The Morgan fingerprint density at radius 2 is 2.07 bits per heavy atom. The second-order valence-corrected chi connectivity index (χ2v) is 6.32. The monoisotopic (exact) mass is 382 g/mol. The van der Waals surface area contributed by atoms with Crippen LogP contribution in [0.15, 0.2) is 35.7 Å². The number of methoxy groups -OCH3 is 1. The largest absolute Gasteiger partial charge is 0.496 e. The van der Waals surface area contributed by atoms with Crippen LogP contribution in [0.2, 0.25) is 0 Å². The van der Waals surface area contributed by atoms with E-state index in [1.807, 2.05) is 20.0 Å². The number of fused-ring (bicyclic) bond motifs is 1. The van der Waals surface area contributed by atoms with Crippen molar-refractivity contribution >= 4 is 22.8 Å². The van der Waals surface area contributed by atoms with Crippen molar-refractivity contribution in [1.82, 2.24) is 30.4 Å². The maximum atomic E-state index is 5.45.